The van der Waals surface area contributed by atoms with Gasteiger partial charge in [-0.25, -0.2) is 0 Å². The third kappa shape index (κ3) is 6.30. The van der Waals surface area contributed by atoms with Crippen LogP contribution >= 0.6 is 0 Å². The molecule has 3 heterocycles. The molecule has 0 aliphatic carbocycles. The van der Waals surface area contributed by atoms with Gasteiger partial charge in [-0.15, -0.1) is 0 Å². The van der Waals surface area contributed by atoms with Crippen molar-refractivity contribution in [3.63, 3.8) is 0 Å². The molecule has 8 nitrogen and oxygen atoms in total. The summed E-state index contributed by atoms with van der Waals surface area (Å²) in [4.78, 5) is 32.4. The molecule has 8 heteroatoms. The quantitative estimate of drug-likeness (QED) is 0.592. The molecule has 2 aliphatic heterocycles. The maximum absolute atomic E-state index is 12.6. The number of anilines is 1. The number of pyridine rings is 1. The molecule has 0 spiro atoms. The highest BCUT2D eigenvalue weighted by atomic mass is 16.3. The average Bonchev–Trinajstić information content (AvgIpc) is 2.83. The number of rotatable bonds is 7. The van der Waals surface area contributed by atoms with Crippen LogP contribution in [-0.2, 0) is 17.8 Å². The van der Waals surface area contributed by atoms with Gasteiger partial charge in [-0.1, -0.05) is 24.3 Å². The Kier molecular flexibility index (Phi) is 7.57. The zero-order valence-corrected chi connectivity index (χ0v) is 19.2. The van der Waals surface area contributed by atoms with E-state index in [2.05, 4.69) is 38.7 Å². The standard InChI is InChI=1S/C25H33N5O3/c1-18(31)30-12-8-21(9-13-30)28-22-6-10-26-24(14-22)25(33)27-15-23(32)17-29-11-7-19-4-2-3-5-20(19)16-29/h2-6,10,14,21,23,32H,7-9,11-13,15-17H2,1H3,(H,26,28)(H,27,33)/t23-/m0/s1. The number of aliphatic hydroxyl groups is 1. The average molecular weight is 452 g/mol. The minimum Gasteiger partial charge on any atom is -0.390 e. The Hall–Kier alpha value is -2.97. The van der Waals surface area contributed by atoms with E-state index >= 15 is 0 Å². The number of carbonyl (C=O) groups is 2. The molecule has 0 saturated carbocycles. The fourth-order valence-electron chi connectivity index (χ4n) is 4.59. The third-order valence-corrected chi connectivity index (χ3v) is 6.48. The molecule has 3 N–H and O–H groups in total. The van der Waals surface area contributed by atoms with Crippen LogP contribution in [0.4, 0.5) is 5.69 Å². The van der Waals surface area contributed by atoms with Crippen LogP contribution in [0, 0.1) is 0 Å². The van der Waals surface area contributed by atoms with E-state index in [4.69, 9.17) is 0 Å². The fourth-order valence-corrected chi connectivity index (χ4v) is 4.59. The van der Waals surface area contributed by atoms with Gasteiger partial charge in [0.25, 0.3) is 5.91 Å². The molecule has 2 aromatic rings. The lowest BCUT2D eigenvalue weighted by Gasteiger charge is -2.32. The lowest BCUT2D eigenvalue weighted by Crippen LogP contribution is -2.42. The van der Waals surface area contributed by atoms with Crippen molar-refractivity contribution in [2.45, 2.75) is 44.9 Å². The first-order valence-electron chi connectivity index (χ1n) is 11.7. The molecule has 1 fully saturated rings. The van der Waals surface area contributed by atoms with Crippen LogP contribution in [0.25, 0.3) is 0 Å². The van der Waals surface area contributed by atoms with Gasteiger partial charge in [0, 0.05) is 64.1 Å². The molecule has 1 aromatic carbocycles. The first-order chi connectivity index (χ1) is 16.0. The second-order valence-electron chi connectivity index (χ2n) is 8.97. The van der Waals surface area contributed by atoms with E-state index < -0.39 is 6.10 Å². The predicted octanol–water partition coefficient (Wildman–Crippen LogP) is 1.65. The number of carbonyl (C=O) groups excluding carboxylic acids is 2. The molecular weight excluding hydrogens is 418 g/mol. The number of aromatic nitrogens is 1. The Morgan fingerprint density at radius 1 is 1.15 bits per heavy atom. The molecular formula is C25H33N5O3. The number of piperidine rings is 1. The smallest absolute Gasteiger partial charge is 0.270 e. The Morgan fingerprint density at radius 3 is 2.67 bits per heavy atom. The number of nitrogens with zero attached hydrogens (tertiary/aromatic N) is 3. The molecule has 4 rings (SSSR count). The normalized spacial score (nSPS) is 17.8. The lowest BCUT2D eigenvalue weighted by atomic mass is 10.00. The summed E-state index contributed by atoms with van der Waals surface area (Å²) in [5.74, 6) is -0.184. The Bertz CT molecular complexity index is 974. The molecule has 0 unspecified atom stereocenters. The highest BCUT2D eigenvalue weighted by molar-refractivity contribution is 5.93. The highest BCUT2D eigenvalue weighted by Crippen LogP contribution is 2.19. The minimum atomic E-state index is -0.646. The lowest BCUT2D eigenvalue weighted by molar-refractivity contribution is -0.129. The first-order valence-corrected chi connectivity index (χ1v) is 11.7. The molecule has 0 bridgehead atoms. The number of β-amino-alcohol motifs (C(OH)–C–C–N with tert-alkyl or cyclic N) is 1. The van der Waals surface area contributed by atoms with Crippen LogP contribution in [0.1, 0.15) is 41.4 Å². The van der Waals surface area contributed by atoms with E-state index in [1.807, 2.05) is 17.0 Å². The summed E-state index contributed by atoms with van der Waals surface area (Å²) in [5, 5.41) is 16.7. The van der Waals surface area contributed by atoms with Gasteiger partial charge in [-0.2, -0.15) is 0 Å². The van der Waals surface area contributed by atoms with Crippen molar-refractivity contribution in [3.8, 4) is 0 Å². The van der Waals surface area contributed by atoms with Crippen molar-refractivity contribution in [3.05, 3.63) is 59.4 Å². The largest absolute Gasteiger partial charge is 0.390 e. The summed E-state index contributed by atoms with van der Waals surface area (Å²) in [6.07, 6.45) is 3.69. The van der Waals surface area contributed by atoms with Crippen LogP contribution in [0.2, 0.25) is 0 Å². The number of fused-ring (bicyclic) bond motifs is 1. The van der Waals surface area contributed by atoms with E-state index in [1.165, 1.54) is 11.1 Å². The fraction of sp³-hybridized carbons (Fsp3) is 0.480. The van der Waals surface area contributed by atoms with Gasteiger partial charge in [-0.05, 0) is 42.5 Å². The van der Waals surface area contributed by atoms with Crippen molar-refractivity contribution < 1.29 is 14.7 Å². The molecule has 1 saturated heterocycles. The van der Waals surface area contributed by atoms with Crippen LogP contribution in [-0.4, -0.2) is 76.6 Å². The molecule has 0 radical (unpaired) electrons. The van der Waals surface area contributed by atoms with Crippen molar-refractivity contribution in [1.82, 2.24) is 20.1 Å². The van der Waals surface area contributed by atoms with Gasteiger partial charge in [0.2, 0.25) is 5.91 Å². The summed E-state index contributed by atoms with van der Waals surface area (Å²) in [5.41, 5.74) is 3.84. The van der Waals surface area contributed by atoms with Crippen molar-refractivity contribution in [2.75, 3.05) is 38.0 Å². The Morgan fingerprint density at radius 2 is 1.91 bits per heavy atom. The number of benzene rings is 1. The molecule has 2 amide bonds. The SMILES string of the molecule is CC(=O)N1CCC(Nc2ccnc(C(=O)NC[C@H](O)CN3CCc4ccccc4C3)c2)CC1. The van der Waals surface area contributed by atoms with Crippen molar-refractivity contribution in [1.29, 1.82) is 0 Å². The molecule has 1 aromatic heterocycles. The molecule has 1 atom stereocenters. The first kappa shape index (κ1) is 23.2. The van der Waals surface area contributed by atoms with Crippen molar-refractivity contribution >= 4 is 17.5 Å². The molecule has 176 valence electrons. The number of aliphatic hydroxyl groups excluding tert-OH is 1. The molecule has 2 aliphatic rings. The van der Waals surface area contributed by atoms with Gasteiger partial charge in [-0.3, -0.25) is 19.5 Å². The third-order valence-electron chi connectivity index (χ3n) is 6.48. The second kappa shape index (κ2) is 10.8. The zero-order chi connectivity index (χ0) is 23.2. The Balaban J connectivity index is 1.23. The summed E-state index contributed by atoms with van der Waals surface area (Å²) >= 11 is 0. The van der Waals surface area contributed by atoms with Crippen LogP contribution in [0.15, 0.2) is 42.6 Å². The number of hydrogen-bond acceptors (Lipinski definition) is 6. The zero-order valence-electron chi connectivity index (χ0n) is 19.2. The van der Waals surface area contributed by atoms with Gasteiger partial charge >= 0.3 is 0 Å². The van der Waals surface area contributed by atoms with E-state index in [1.54, 1.807) is 19.2 Å². The maximum atomic E-state index is 12.6. The van der Waals surface area contributed by atoms with Gasteiger partial charge in [0.15, 0.2) is 0 Å². The Labute approximate surface area is 195 Å². The van der Waals surface area contributed by atoms with E-state index in [0.29, 0.717) is 12.2 Å². The topological polar surface area (TPSA) is 97.8 Å². The van der Waals surface area contributed by atoms with Crippen molar-refractivity contribution in [2.24, 2.45) is 0 Å². The molecule has 33 heavy (non-hydrogen) atoms. The predicted molar refractivity (Wildman–Crippen MR) is 127 cm³/mol. The van der Waals surface area contributed by atoms with Crippen LogP contribution in [0.3, 0.4) is 0 Å². The number of nitrogens with one attached hydrogen (secondary N) is 2. The van der Waals surface area contributed by atoms with Crippen LogP contribution in [0.5, 0.6) is 0 Å². The number of amides is 2. The van der Waals surface area contributed by atoms with E-state index in [-0.39, 0.29) is 24.4 Å². The highest BCUT2D eigenvalue weighted by Gasteiger charge is 2.21. The van der Waals surface area contributed by atoms with E-state index in [0.717, 1.165) is 51.1 Å². The monoisotopic (exact) mass is 451 g/mol. The number of hydrogen-bond donors (Lipinski definition) is 3. The van der Waals surface area contributed by atoms with E-state index in [9.17, 15) is 14.7 Å². The van der Waals surface area contributed by atoms with Crippen LogP contribution < -0.4 is 10.6 Å². The van der Waals surface area contributed by atoms with Gasteiger partial charge in [0.05, 0.1) is 6.10 Å². The van der Waals surface area contributed by atoms with Gasteiger partial charge < -0.3 is 20.6 Å². The summed E-state index contributed by atoms with van der Waals surface area (Å²) in [6, 6.07) is 12.2. The summed E-state index contributed by atoms with van der Waals surface area (Å²) in [7, 11) is 0. The maximum Gasteiger partial charge on any atom is 0.270 e. The number of likely N-dealkylation sites (tertiary alicyclic amines) is 1. The second-order valence-corrected chi connectivity index (χ2v) is 8.97. The summed E-state index contributed by atoms with van der Waals surface area (Å²) in [6.45, 7) is 5.51. The van der Waals surface area contributed by atoms with Gasteiger partial charge in [0.1, 0.15) is 5.69 Å². The minimum absolute atomic E-state index is 0.114. The summed E-state index contributed by atoms with van der Waals surface area (Å²) < 4.78 is 0.